The van der Waals surface area contributed by atoms with Crippen molar-refractivity contribution in [3.8, 4) is 22.9 Å². The molecule has 0 bridgehead atoms. The molecule has 1 aromatic heterocycles. The molecule has 0 aliphatic carbocycles. The summed E-state index contributed by atoms with van der Waals surface area (Å²) in [5.74, 6) is 0.206. The Labute approximate surface area is 131 Å². The van der Waals surface area contributed by atoms with Crippen molar-refractivity contribution in [2.75, 3.05) is 7.11 Å². The zero-order valence-electron chi connectivity index (χ0n) is 11.6. The van der Waals surface area contributed by atoms with E-state index in [0.29, 0.717) is 33.5 Å². The fourth-order valence-corrected chi connectivity index (χ4v) is 2.20. The lowest BCUT2D eigenvalue weighted by Gasteiger charge is -2.00. The Balaban J connectivity index is 1.98. The Kier molecular flexibility index (Phi) is 3.89. The van der Waals surface area contributed by atoms with Crippen LogP contribution in [0.5, 0.6) is 0 Å². The Bertz CT molecular complexity index is 830. The van der Waals surface area contributed by atoms with E-state index in [-0.39, 0.29) is 0 Å². The van der Waals surface area contributed by atoms with Crippen LogP contribution >= 0.6 is 11.6 Å². The van der Waals surface area contributed by atoms with Gasteiger partial charge in [0, 0.05) is 5.56 Å². The number of rotatable bonds is 3. The molecule has 1 heterocycles. The van der Waals surface area contributed by atoms with Crippen LogP contribution in [0, 0.1) is 0 Å². The second-order valence-corrected chi connectivity index (χ2v) is 4.87. The van der Waals surface area contributed by atoms with Crippen molar-refractivity contribution in [3.05, 3.63) is 59.1 Å². The number of ether oxygens (including phenoxy) is 1. The highest BCUT2D eigenvalue weighted by atomic mass is 35.5. The molecule has 22 heavy (non-hydrogen) atoms. The topological polar surface area (TPSA) is 65.2 Å². The molecular weight excluding hydrogens is 304 g/mol. The quantitative estimate of drug-likeness (QED) is 0.687. The first-order chi connectivity index (χ1) is 10.7. The Morgan fingerprint density at radius 1 is 1.09 bits per heavy atom. The number of methoxy groups -OCH3 is 1. The Hall–Kier alpha value is -2.66. The van der Waals surface area contributed by atoms with Gasteiger partial charge in [0.15, 0.2) is 0 Å². The molecule has 0 saturated carbocycles. The summed E-state index contributed by atoms with van der Waals surface area (Å²) in [5.41, 5.74) is 1.71. The predicted octanol–water partition coefficient (Wildman–Crippen LogP) is 3.84. The maximum Gasteiger partial charge on any atom is 0.337 e. The minimum Gasteiger partial charge on any atom is -0.465 e. The number of halogens is 1. The summed E-state index contributed by atoms with van der Waals surface area (Å²) >= 11 is 6.11. The molecule has 0 spiro atoms. The third-order valence-electron chi connectivity index (χ3n) is 3.06. The van der Waals surface area contributed by atoms with Gasteiger partial charge in [-0.05, 0) is 30.3 Å². The van der Waals surface area contributed by atoms with Gasteiger partial charge in [0.05, 0.1) is 23.3 Å². The molecule has 0 saturated heterocycles. The highest BCUT2D eigenvalue weighted by Gasteiger charge is 2.14. The van der Waals surface area contributed by atoms with Gasteiger partial charge in [-0.25, -0.2) is 4.79 Å². The summed E-state index contributed by atoms with van der Waals surface area (Å²) in [6.07, 6.45) is 0. The Morgan fingerprint density at radius 2 is 1.86 bits per heavy atom. The lowest BCUT2D eigenvalue weighted by atomic mass is 10.1. The normalized spacial score (nSPS) is 10.5. The number of nitrogens with zero attached hydrogens (tertiary/aromatic N) is 2. The second-order valence-electron chi connectivity index (χ2n) is 4.46. The number of benzene rings is 2. The fraction of sp³-hybridized carbons (Fsp3) is 0.0625. The van der Waals surface area contributed by atoms with Crippen LogP contribution in [-0.2, 0) is 4.74 Å². The minimum atomic E-state index is -0.423. The molecule has 0 fully saturated rings. The fourth-order valence-electron chi connectivity index (χ4n) is 1.98. The second kappa shape index (κ2) is 5.99. The molecule has 5 nitrogen and oxygen atoms in total. The monoisotopic (exact) mass is 314 g/mol. The summed E-state index contributed by atoms with van der Waals surface area (Å²) in [4.78, 5) is 11.6. The first kappa shape index (κ1) is 14.3. The van der Waals surface area contributed by atoms with Crippen molar-refractivity contribution in [3.63, 3.8) is 0 Å². The first-order valence-corrected chi connectivity index (χ1v) is 6.84. The van der Waals surface area contributed by atoms with Gasteiger partial charge in [0.1, 0.15) is 0 Å². The molecule has 0 amide bonds. The molecule has 110 valence electrons. The van der Waals surface area contributed by atoms with Gasteiger partial charge in [-0.2, -0.15) is 0 Å². The Morgan fingerprint density at radius 3 is 2.64 bits per heavy atom. The van der Waals surface area contributed by atoms with E-state index in [1.807, 2.05) is 12.1 Å². The first-order valence-electron chi connectivity index (χ1n) is 6.46. The van der Waals surface area contributed by atoms with Crippen LogP contribution in [0.1, 0.15) is 10.4 Å². The molecule has 0 radical (unpaired) electrons. The zero-order chi connectivity index (χ0) is 15.5. The van der Waals surface area contributed by atoms with Crippen molar-refractivity contribution in [2.45, 2.75) is 0 Å². The summed E-state index contributed by atoms with van der Waals surface area (Å²) in [5, 5.41) is 8.53. The molecule has 3 aromatic rings. The van der Waals surface area contributed by atoms with Crippen LogP contribution in [0.4, 0.5) is 0 Å². The van der Waals surface area contributed by atoms with Crippen molar-refractivity contribution in [2.24, 2.45) is 0 Å². The van der Waals surface area contributed by atoms with E-state index in [2.05, 4.69) is 10.2 Å². The largest absolute Gasteiger partial charge is 0.465 e. The van der Waals surface area contributed by atoms with Crippen molar-refractivity contribution in [1.82, 2.24) is 10.2 Å². The van der Waals surface area contributed by atoms with E-state index < -0.39 is 5.97 Å². The van der Waals surface area contributed by atoms with Gasteiger partial charge in [-0.3, -0.25) is 0 Å². The van der Waals surface area contributed by atoms with Crippen LogP contribution in [0.3, 0.4) is 0 Å². The average molecular weight is 315 g/mol. The maximum atomic E-state index is 11.6. The van der Waals surface area contributed by atoms with Crippen molar-refractivity contribution in [1.29, 1.82) is 0 Å². The number of aromatic nitrogens is 2. The van der Waals surface area contributed by atoms with E-state index in [4.69, 9.17) is 20.8 Å². The van der Waals surface area contributed by atoms with Crippen molar-refractivity contribution < 1.29 is 13.9 Å². The molecule has 2 aromatic carbocycles. The molecule has 0 N–H and O–H groups in total. The number of hydrogen-bond acceptors (Lipinski definition) is 5. The molecule has 0 aliphatic heterocycles. The standard InChI is InChI=1S/C16H11ClN2O3/c1-21-16(20)11-6-4-5-10(9-11)14-18-19-15(22-14)12-7-2-3-8-13(12)17/h2-9H,1H3. The highest BCUT2D eigenvalue weighted by molar-refractivity contribution is 6.33. The van der Waals surface area contributed by atoms with Gasteiger partial charge in [-0.15, -0.1) is 10.2 Å². The molecule has 0 atom stereocenters. The third-order valence-corrected chi connectivity index (χ3v) is 3.39. The van der Waals surface area contributed by atoms with E-state index >= 15 is 0 Å². The van der Waals surface area contributed by atoms with E-state index in [9.17, 15) is 4.79 Å². The van der Waals surface area contributed by atoms with Gasteiger partial charge in [0.2, 0.25) is 11.8 Å². The molecule has 3 rings (SSSR count). The third kappa shape index (κ3) is 2.71. The summed E-state index contributed by atoms with van der Waals surface area (Å²) in [6.45, 7) is 0. The summed E-state index contributed by atoms with van der Waals surface area (Å²) in [7, 11) is 1.33. The minimum absolute atomic E-state index is 0.306. The summed E-state index contributed by atoms with van der Waals surface area (Å²) in [6, 6.07) is 14.0. The molecule has 0 aliphatic rings. The highest BCUT2D eigenvalue weighted by Crippen LogP contribution is 2.29. The average Bonchev–Trinajstić information content (AvgIpc) is 3.04. The maximum absolute atomic E-state index is 11.6. The van der Waals surface area contributed by atoms with Crippen LogP contribution in [-0.4, -0.2) is 23.3 Å². The van der Waals surface area contributed by atoms with Gasteiger partial charge >= 0.3 is 5.97 Å². The lowest BCUT2D eigenvalue weighted by molar-refractivity contribution is 0.0601. The number of carbonyl (C=O) groups excluding carboxylic acids is 1. The van der Waals surface area contributed by atoms with E-state index in [1.54, 1.807) is 36.4 Å². The zero-order valence-corrected chi connectivity index (χ0v) is 12.4. The van der Waals surface area contributed by atoms with Crippen LogP contribution < -0.4 is 0 Å². The van der Waals surface area contributed by atoms with Gasteiger partial charge < -0.3 is 9.15 Å². The predicted molar refractivity (Wildman–Crippen MR) is 81.5 cm³/mol. The van der Waals surface area contributed by atoms with Gasteiger partial charge in [0.25, 0.3) is 0 Å². The van der Waals surface area contributed by atoms with Crippen LogP contribution in [0.15, 0.2) is 52.9 Å². The summed E-state index contributed by atoms with van der Waals surface area (Å²) < 4.78 is 10.3. The van der Waals surface area contributed by atoms with E-state index in [1.165, 1.54) is 7.11 Å². The van der Waals surface area contributed by atoms with Crippen LogP contribution in [0.25, 0.3) is 22.9 Å². The molecule has 6 heteroatoms. The van der Waals surface area contributed by atoms with Crippen molar-refractivity contribution >= 4 is 17.6 Å². The number of carbonyl (C=O) groups is 1. The van der Waals surface area contributed by atoms with E-state index in [0.717, 1.165) is 0 Å². The number of esters is 1. The smallest absolute Gasteiger partial charge is 0.337 e. The van der Waals surface area contributed by atoms with Crippen LogP contribution in [0.2, 0.25) is 5.02 Å². The SMILES string of the molecule is COC(=O)c1cccc(-c2nnc(-c3ccccc3Cl)o2)c1. The number of hydrogen-bond donors (Lipinski definition) is 0. The lowest BCUT2D eigenvalue weighted by Crippen LogP contribution is -2.00. The molecular formula is C16H11ClN2O3. The van der Waals surface area contributed by atoms with Gasteiger partial charge in [-0.1, -0.05) is 29.8 Å². The molecule has 0 unspecified atom stereocenters.